The second-order valence-electron chi connectivity index (χ2n) is 4.72. The molecule has 0 fully saturated rings. The van der Waals surface area contributed by atoms with Crippen LogP contribution in [0.25, 0.3) is 0 Å². The summed E-state index contributed by atoms with van der Waals surface area (Å²) in [6, 6.07) is 0.0962. The Kier molecular flexibility index (Phi) is 6.01. The van der Waals surface area contributed by atoms with Crippen molar-refractivity contribution in [2.24, 2.45) is 0 Å². The Labute approximate surface area is 125 Å². The van der Waals surface area contributed by atoms with Crippen LogP contribution in [0.15, 0.2) is 12.7 Å². The highest BCUT2D eigenvalue weighted by atomic mass is 32.1. The van der Waals surface area contributed by atoms with E-state index in [1.54, 1.807) is 11.0 Å². The normalized spacial score (nSPS) is 10.7. The summed E-state index contributed by atoms with van der Waals surface area (Å²) >= 11 is 1.36. The van der Waals surface area contributed by atoms with Gasteiger partial charge in [0.25, 0.3) is 5.91 Å². The van der Waals surface area contributed by atoms with Crippen molar-refractivity contribution in [2.45, 2.75) is 33.7 Å². The zero-order valence-electron chi connectivity index (χ0n) is 12.7. The number of amides is 1. The number of rotatable bonds is 7. The van der Waals surface area contributed by atoms with Gasteiger partial charge in [0.15, 0.2) is 5.13 Å². The molecule has 1 heterocycles. The van der Waals surface area contributed by atoms with Gasteiger partial charge in [-0.1, -0.05) is 17.4 Å². The van der Waals surface area contributed by atoms with Crippen LogP contribution in [0.4, 0.5) is 10.9 Å². The van der Waals surface area contributed by atoms with Gasteiger partial charge in [-0.25, -0.2) is 4.98 Å². The Balaban J connectivity index is 3.06. The summed E-state index contributed by atoms with van der Waals surface area (Å²) in [7, 11) is 0. The minimum absolute atomic E-state index is 0.0756. The molecule has 1 amide bonds. The molecule has 0 radical (unpaired) electrons. The lowest BCUT2D eigenvalue weighted by Gasteiger charge is -2.24. The van der Waals surface area contributed by atoms with Crippen LogP contribution in [0.2, 0.25) is 0 Å². The average molecular weight is 296 g/mol. The number of hydrogen-bond acceptors (Lipinski definition) is 5. The molecule has 112 valence electrons. The molecular formula is C14H24N4OS. The van der Waals surface area contributed by atoms with Crippen LogP contribution in [0.5, 0.6) is 0 Å². The second-order valence-corrected chi connectivity index (χ2v) is 5.70. The Hall–Kier alpha value is -1.56. The molecule has 0 unspecified atom stereocenters. The summed E-state index contributed by atoms with van der Waals surface area (Å²) in [4.78, 5) is 21.2. The summed E-state index contributed by atoms with van der Waals surface area (Å²) in [6.45, 7) is 14.0. The molecule has 0 aliphatic rings. The Bertz CT molecular complexity index is 466. The number of hydrogen-bond donors (Lipinski definition) is 1. The maximum atomic E-state index is 12.6. The first-order chi connectivity index (χ1) is 9.46. The number of anilines is 2. The van der Waals surface area contributed by atoms with Gasteiger partial charge in [0.1, 0.15) is 10.7 Å². The topological polar surface area (TPSA) is 62.5 Å². The maximum Gasteiger partial charge on any atom is 0.268 e. The number of carbonyl (C=O) groups excluding carboxylic acids is 1. The monoisotopic (exact) mass is 296 g/mol. The zero-order valence-corrected chi connectivity index (χ0v) is 13.5. The van der Waals surface area contributed by atoms with Crippen molar-refractivity contribution in [2.75, 3.05) is 30.3 Å². The number of aromatic nitrogens is 1. The summed E-state index contributed by atoms with van der Waals surface area (Å²) in [5.41, 5.74) is 5.92. The molecule has 0 spiro atoms. The summed E-state index contributed by atoms with van der Waals surface area (Å²) in [5, 5.41) is 0.804. The first kappa shape index (κ1) is 16.5. The predicted octanol–water partition coefficient (Wildman–Crippen LogP) is 2.61. The fraction of sp³-hybridized carbons (Fsp3) is 0.571. The van der Waals surface area contributed by atoms with Gasteiger partial charge in [0.2, 0.25) is 0 Å². The van der Waals surface area contributed by atoms with E-state index in [2.05, 4.69) is 30.3 Å². The van der Waals surface area contributed by atoms with E-state index in [0.29, 0.717) is 17.2 Å². The third-order valence-electron chi connectivity index (χ3n) is 3.08. The fourth-order valence-electron chi connectivity index (χ4n) is 1.90. The summed E-state index contributed by atoms with van der Waals surface area (Å²) in [6.07, 6.45) is 1.72. The molecule has 0 atom stereocenters. The quantitative estimate of drug-likeness (QED) is 0.786. The molecule has 5 nitrogen and oxygen atoms in total. The third kappa shape index (κ3) is 3.50. The molecule has 1 aromatic heterocycles. The van der Waals surface area contributed by atoms with Gasteiger partial charge in [0, 0.05) is 25.7 Å². The first-order valence-electron chi connectivity index (χ1n) is 6.89. The standard InChI is InChI=1S/C14H24N4OS/c1-6-9-18(10(4)5)13(19)11-12(15)16-14(20-11)17(7-2)8-3/h6,10H,1,7-9,15H2,2-5H3. The summed E-state index contributed by atoms with van der Waals surface area (Å²) in [5.74, 6) is 0.241. The lowest BCUT2D eigenvalue weighted by molar-refractivity contribution is 0.0734. The molecule has 1 rings (SSSR count). The Morgan fingerprint density at radius 1 is 1.45 bits per heavy atom. The van der Waals surface area contributed by atoms with Crippen LogP contribution in [0.3, 0.4) is 0 Å². The van der Waals surface area contributed by atoms with Crippen LogP contribution in [-0.4, -0.2) is 41.5 Å². The molecular weight excluding hydrogens is 272 g/mol. The van der Waals surface area contributed by atoms with E-state index in [4.69, 9.17) is 5.73 Å². The van der Waals surface area contributed by atoms with E-state index in [-0.39, 0.29) is 11.9 Å². The lowest BCUT2D eigenvalue weighted by Crippen LogP contribution is -2.36. The molecule has 0 bridgehead atoms. The average Bonchev–Trinajstić information content (AvgIpc) is 2.78. The summed E-state index contributed by atoms with van der Waals surface area (Å²) < 4.78 is 0. The van der Waals surface area contributed by atoms with Gasteiger partial charge in [-0.15, -0.1) is 6.58 Å². The van der Waals surface area contributed by atoms with Gasteiger partial charge < -0.3 is 15.5 Å². The highest BCUT2D eigenvalue weighted by molar-refractivity contribution is 7.18. The lowest BCUT2D eigenvalue weighted by atomic mass is 10.3. The van der Waals surface area contributed by atoms with Gasteiger partial charge in [0.05, 0.1) is 0 Å². The van der Waals surface area contributed by atoms with E-state index < -0.39 is 0 Å². The van der Waals surface area contributed by atoms with Crippen LogP contribution in [-0.2, 0) is 0 Å². The number of nitrogen functional groups attached to an aromatic ring is 1. The SMILES string of the molecule is C=CCN(C(=O)c1sc(N(CC)CC)nc1N)C(C)C. The smallest absolute Gasteiger partial charge is 0.268 e. The number of carbonyl (C=O) groups is 1. The third-order valence-corrected chi connectivity index (χ3v) is 4.20. The van der Waals surface area contributed by atoms with Crippen molar-refractivity contribution in [3.05, 3.63) is 17.5 Å². The second kappa shape index (κ2) is 7.28. The van der Waals surface area contributed by atoms with E-state index in [0.717, 1.165) is 18.2 Å². The van der Waals surface area contributed by atoms with E-state index in [1.807, 2.05) is 13.8 Å². The minimum Gasteiger partial charge on any atom is -0.382 e. The molecule has 20 heavy (non-hydrogen) atoms. The van der Waals surface area contributed by atoms with E-state index in [1.165, 1.54) is 11.3 Å². The Morgan fingerprint density at radius 3 is 2.50 bits per heavy atom. The van der Waals surface area contributed by atoms with Crippen molar-refractivity contribution in [1.29, 1.82) is 0 Å². The van der Waals surface area contributed by atoms with Crippen molar-refractivity contribution < 1.29 is 4.79 Å². The predicted molar refractivity (Wildman–Crippen MR) is 86.5 cm³/mol. The van der Waals surface area contributed by atoms with Crippen molar-refractivity contribution in [3.8, 4) is 0 Å². The van der Waals surface area contributed by atoms with Crippen molar-refractivity contribution in [1.82, 2.24) is 9.88 Å². The molecule has 0 saturated heterocycles. The molecule has 0 saturated carbocycles. The number of nitrogens with zero attached hydrogens (tertiary/aromatic N) is 3. The Morgan fingerprint density at radius 2 is 2.05 bits per heavy atom. The van der Waals surface area contributed by atoms with Crippen LogP contribution >= 0.6 is 11.3 Å². The van der Waals surface area contributed by atoms with Crippen LogP contribution in [0.1, 0.15) is 37.4 Å². The van der Waals surface area contributed by atoms with Gasteiger partial charge in [-0.2, -0.15) is 0 Å². The van der Waals surface area contributed by atoms with Crippen LogP contribution in [0, 0.1) is 0 Å². The fourth-order valence-corrected chi connectivity index (χ4v) is 2.97. The molecule has 2 N–H and O–H groups in total. The van der Waals surface area contributed by atoms with Crippen molar-refractivity contribution in [3.63, 3.8) is 0 Å². The minimum atomic E-state index is -0.0756. The number of thiazole rings is 1. The van der Waals surface area contributed by atoms with Gasteiger partial charge in [-0.05, 0) is 27.7 Å². The molecule has 0 aliphatic heterocycles. The first-order valence-corrected chi connectivity index (χ1v) is 7.70. The molecule has 0 aromatic carbocycles. The highest BCUT2D eigenvalue weighted by Gasteiger charge is 2.24. The van der Waals surface area contributed by atoms with Gasteiger partial charge >= 0.3 is 0 Å². The largest absolute Gasteiger partial charge is 0.382 e. The van der Waals surface area contributed by atoms with Crippen molar-refractivity contribution >= 4 is 28.2 Å². The molecule has 6 heteroatoms. The van der Waals surface area contributed by atoms with Crippen LogP contribution < -0.4 is 10.6 Å². The van der Waals surface area contributed by atoms with Gasteiger partial charge in [-0.3, -0.25) is 4.79 Å². The highest BCUT2D eigenvalue weighted by Crippen LogP contribution is 2.29. The molecule has 1 aromatic rings. The molecule has 0 aliphatic carbocycles. The number of nitrogens with two attached hydrogens (primary N) is 1. The van der Waals surface area contributed by atoms with E-state index in [9.17, 15) is 4.79 Å². The maximum absolute atomic E-state index is 12.6. The zero-order chi connectivity index (χ0) is 15.3. The van der Waals surface area contributed by atoms with E-state index >= 15 is 0 Å².